The first-order valence-electron chi connectivity index (χ1n) is 10.8. The molecule has 1 amide bonds. The molecular weight excluding hydrogens is 412 g/mol. The number of amides is 1. The van der Waals surface area contributed by atoms with Crippen LogP contribution in [0.1, 0.15) is 42.3 Å². The Balaban J connectivity index is 1.63. The van der Waals surface area contributed by atoms with Gasteiger partial charge in [-0.05, 0) is 59.9 Å². The maximum Gasteiger partial charge on any atom is 0.259 e. The van der Waals surface area contributed by atoms with Crippen LogP contribution in [0.25, 0.3) is 16.9 Å². The van der Waals surface area contributed by atoms with E-state index in [0.29, 0.717) is 17.0 Å². The monoisotopic (exact) mass is 440 g/mol. The summed E-state index contributed by atoms with van der Waals surface area (Å²) in [4.78, 5) is 21.9. The molecule has 2 heterocycles. The minimum absolute atomic E-state index is 0.0776. The number of aryl methyl sites for hydroxylation is 1. The van der Waals surface area contributed by atoms with E-state index in [-0.39, 0.29) is 11.3 Å². The summed E-state index contributed by atoms with van der Waals surface area (Å²) in [6.45, 7) is 8.38. The molecule has 0 aliphatic rings. The summed E-state index contributed by atoms with van der Waals surface area (Å²) < 4.78 is 7.40. The number of ether oxygens (including phenoxy) is 1. The molecule has 0 spiro atoms. The summed E-state index contributed by atoms with van der Waals surface area (Å²) in [7, 11) is 1.58. The van der Waals surface area contributed by atoms with E-state index >= 15 is 0 Å². The Morgan fingerprint density at radius 1 is 1.09 bits per heavy atom. The van der Waals surface area contributed by atoms with Gasteiger partial charge in [-0.3, -0.25) is 9.78 Å². The lowest BCUT2D eigenvalue weighted by Gasteiger charge is -2.21. The van der Waals surface area contributed by atoms with Crippen molar-refractivity contribution in [3.05, 3.63) is 90.1 Å². The fourth-order valence-electron chi connectivity index (χ4n) is 3.63. The van der Waals surface area contributed by atoms with Gasteiger partial charge in [0.1, 0.15) is 5.75 Å². The summed E-state index contributed by atoms with van der Waals surface area (Å²) in [6, 6.07) is 15.4. The Morgan fingerprint density at radius 3 is 2.61 bits per heavy atom. The van der Waals surface area contributed by atoms with Gasteiger partial charge in [0.05, 0.1) is 30.4 Å². The van der Waals surface area contributed by atoms with E-state index in [1.165, 1.54) is 0 Å². The number of carbonyl (C=O) groups excluding carboxylic acids is 1. The number of hydrogen-bond donors (Lipinski definition) is 1. The normalized spacial score (nSPS) is 11.3. The van der Waals surface area contributed by atoms with E-state index in [1.807, 2.05) is 66.2 Å². The van der Waals surface area contributed by atoms with Crippen LogP contribution in [0.5, 0.6) is 5.75 Å². The van der Waals surface area contributed by atoms with Crippen LogP contribution in [0.4, 0.5) is 5.69 Å². The van der Waals surface area contributed by atoms with Crippen molar-refractivity contribution in [3.63, 3.8) is 0 Å². The molecule has 0 atom stereocenters. The van der Waals surface area contributed by atoms with Crippen molar-refractivity contribution in [1.82, 2.24) is 14.5 Å². The highest BCUT2D eigenvalue weighted by atomic mass is 16.5. The first-order valence-corrected chi connectivity index (χ1v) is 10.8. The molecule has 33 heavy (non-hydrogen) atoms. The highest BCUT2D eigenvalue weighted by Crippen LogP contribution is 2.29. The highest BCUT2D eigenvalue weighted by Gasteiger charge is 2.20. The number of nitrogens with zero attached hydrogens (tertiary/aromatic N) is 3. The van der Waals surface area contributed by atoms with Gasteiger partial charge in [0.25, 0.3) is 5.91 Å². The quantitative estimate of drug-likeness (QED) is 0.426. The largest absolute Gasteiger partial charge is 0.496 e. The Labute approximate surface area is 194 Å². The number of carbonyl (C=O) groups is 1. The number of imidazole rings is 1. The molecule has 0 bridgehead atoms. The lowest BCUT2D eigenvalue weighted by molar-refractivity contribution is 0.102. The van der Waals surface area contributed by atoms with E-state index in [0.717, 1.165) is 28.1 Å². The van der Waals surface area contributed by atoms with Gasteiger partial charge in [-0.15, -0.1) is 0 Å². The summed E-state index contributed by atoms with van der Waals surface area (Å²) in [5.41, 5.74) is 5.98. The third kappa shape index (κ3) is 4.80. The molecule has 1 N–H and O–H groups in total. The first kappa shape index (κ1) is 22.3. The molecule has 4 rings (SSSR count). The van der Waals surface area contributed by atoms with Crippen LogP contribution in [-0.4, -0.2) is 27.6 Å². The third-order valence-corrected chi connectivity index (χ3v) is 5.60. The second-order valence-electron chi connectivity index (χ2n) is 9.03. The molecule has 0 unspecified atom stereocenters. The number of nitrogens with one attached hydrogen (secondary N) is 1. The lowest BCUT2D eigenvalue weighted by Crippen LogP contribution is -2.17. The molecular formula is C27H28N4O2. The summed E-state index contributed by atoms with van der Waals surface area (Å²) in [6.07, 6.45) is 7.26. The van der Waals surface area contributed by atoms with Crippen molar-refractivity contribution in [2.45, 2.75) is 33.1 Å². The second kappa shape index (κ2) is 8.90. The number of aromatic nitrogens is 3. The molecule has 0 fully saturated rings. The van der Waals surface area contributed by atoms with Crippen LogP contribution in [-0.2, 0) is 5.41 Å². The maximum atomic E-state index is 13.2. The summed E-state index contributed by atoms with van der Waals surface area (Å²) in [5, 5.41) is 3.02. The number of pyridine rings is 1. The van der Waals surface area contributed by atoms with Crippen molar-refractivity contribution in [2.75, 3.05) is 12.4 Å². The van der Waals surface area contributed by atoms with E-state index in [4.69, 9.17) is 4.74 Å². The average molecular weight is 441 g/mol. The van der Waals surface area contributed by atoms with Crippen LogP contribution in [0.15, 0.2) is 73.4 Å². The number of benzene rings is 2. The number of anilines is 1. The Bertz CT molecular complexity index is 1290. The van der Waals surface area contributed by atoms with Gasteiger partial charge < -0.3 is 14.6 Å². The van der Waals surface area contributed by atoms with Crippen LogP contribution in [0.2, 0.25) is 0 Å². The molecule has 0 aliphatic carbocycles. The Morgan fingerprint density at radius 2 is 1.91 bits per heavy atom. The zero-order valence-corrected chi connectivity index (χ0v) is 19.6. The fraction of sp³-hybridized carbons (Fsp3) is 0.222. The third-order valence-electron chi connectivity index (χ3n) is 5.60. The van der Waals surface area contributed by atoms with Gasteiger partial charge in [-0.2, -0.15) is 0 Å². The molecule has 6 nitrogen and oxygen atoms in total. The molecule has 2 aromatic heterocycles. The summed E-state index contributed by atoms with van der Waals surface area (Å²) in [5.74, 6) is 0.331. The minimum atomic E-state index is -0.213. The molecule has 0 radical (unpaired) electrons. The van der Waals surface area contributed by atoms with Gasteiger partial charge in [0, 0.05) is 29.8 Å². The molecule has 0 saturated carbocycles. The standard InChI is InChI=1S/C27H28N4O2/c1-18-8-10-21(14-24(18)31-16-23(29-17-31)19-7-6-12-28-15-19)30-26(32)22-13-20(27(2,3)4)9-11-25(22)33-5/h6-17H,1-5H3,(H,30,32). The van der Waals surface area contributed by atoms with Crippen molar-refractivity contribution < 1.29 is 9.53 Å². The lowest BCUT2D eigenvalue weighted by atomic mass is 9.86. The van der Waals surface area contributed by atoms with Gasteiger partial charge in [0.15, 0.2) is 0 Å². The molecule has 168 valence electrons. The topological polar surface area (TPSA) is 69.0 Å². The Kier molecular flexibility index (Phi) is 6.01. The van der Waals surface area contributed by atoms with Crippen LogP contribution < -0.4 is 10.1 Å². The molecule has 0 aliphatic heterocycles. The fourth-order valence-corrected chi connectivity index (χ4v) is 3.63. The molecule has 4 aromatic rings. The van der Waals surface area contributed by atoms with Crippen molar-refractivity contribution in [2.24, 2.45) is 0 Å². The highest BCUT2D eigenvalue weighted by molar-refractivity contribution is 6.06. The summed E-state index contributed by atoms with van der Waals surface area (Å²) >= 11 is 0. The molecule has 2 aromatic carbocycles. The van der Waals surface area contributed by atoms with Gasteiger partial charge in [-0.25, -0.2) is 4.98 Å². The van der Waals surface area contributed by atoms with Crippen LogP contribution in [0, 0.1) is 6.92 Å². The van der Waals surface area contributed by atoms with E-state index in [9.17, 15) is 4.79 Å². The number of rotatable bonds is 5. The van der Waals surface area contributed by atoms with Crippen LogP contribution >= 0.6 is 0 Å². The van der Waals surface area contributed by atoms with E-state index in [1.54, 1.807) is 25.8 Å². The predicted octanol–water partition coefficient (Wildman–Crippen LogP) is 5.80. The number of methoxy groups -OCH3 is 1. The van der Waals surface area contributed by atoms with Gasteiger partial charge in [-0.1, -0.05) is 32.9 Å². The molecule has 6 heteroatoms. The predicted molar refractivity (Wildman–Crippen MR) is 131 cm³/mol. The number of hydrogen-bond acceptors (Lipinski definition) is 4. The van der Waals surface area contributed by atoms with Crippen molar-refractivity contribution in [3.8, 4) is 22.7 Å². The maximum absolute atomic E-state index is 13.2. The first-order chi connectivity index (χ1) is 15.8. The smallest absolute Gasteiger partial charge is 0.259 e. The molecule has 0 saturated heterocycles. The van der Waals surface area contributed by atoms with Crippen molar-refractivity contribution >= 4 is 11.6 Å². The van der Waals surface area contributed by atoms with E-state index in [2.05, 4.69) is 36.1 Å². The van der Waals surface area contributed by atoms with E-state index < -0.39 is 0 Å². The zero-order chi connectivity index (χ0) is 23.6. The van der Waals surface area contributed by atoms with Gasteiger partial charge >= 0.3 is 0 Å². The zero-order valence-electron chi connectivity index (χ0n) is 19.6. The second-order valence-corrected chi connectivity index (χ2v) is 9.03. The van der Waals surface area contributed by atoms with Gasteiger partial charge in [0.2, 0.25) is 0 Å². The SMILES string of the molecule is COc1ccc(C(C)(C)C)cc1C(=O)Nc1ccc(C)c(-n2cnc(-c3cccnc3)c2)c1. The minimum Gasteiger partial charge on any atom is -0.496 e. The van der Waals surface area contributed by atoms with Crippen LogP contribution in [0.3, 0.4) is 0 Å². The Hall–Kier alpha value is -3.93. The van der Waals surface area contributed by atoms with Crippen molar-refractivity contribution in [1.29, 1.82) is 0 Å². The average Bonchev–Trinajstić information content (AvgIpc) is 3.30.